The van der Waals surface area contributed by atoms with Gasteiger partial charge in [-0.1, -0.05) is 36.4 Å². The monoisotopic (exact) mass is 600 g/mol. The zero-order valence-electron chi connectivity index (χ0n) is 24.1. The first-order valence-electron chi connectivity index (χ1n) is 14.7. The number of benzene rings is 2. The molecule has 2 aliphatic rings. The molecule has 43 heavy (non-hydrogen) atoms. The van der Waals surface area contributed by atoms with E-state index in [0.29, 0.717) is 60.7 Å². The van der Waals surface area contributed by atoms with Crippen molar-refractivity contribution in [2.75, 3.05) is 65.6 Å². The first-order valence-corrected chi connectivity index (χ1v) is 16.1. The topological polar surface area (TPSA) is 108 Å². The summed E-state index contributed by atoms with van der Waals surface area (Å²) in [6, 6.07) is 22.5. The summed E-state index contributed by atoms with van der Waals surface area (Å²) in [5.74, 6) is -0.270. The number of carbonyl (C=O) groups excluding carboxylic acids is 1. The number of hydrogen-bond donors (Lipinski definition) is 1. The van der Waals surface area contributed by atoms with Crippen LogP contribution in [0.5, 0.6) is 0 Å². The summed E-state index contributed by atoms with van der Waals surface area (Å²) in [7, 11) is -3.74. The van der Waals surface area contributed by atoms with Crippen molar-refractivity contribution in [1.82, 2.24) is 29.4 Å². The maximum Gasteiger partial charge on any atom is 0.252 e. The number of amides is 1. The Balaban J connectivity index is 1.18. The van der Waals surface area contributed by atoms with Gasteiger partial charge in [0.05, 0.1) is 40.6 Å². The summed E-state index contributed by atoms with van der Waals surface area (Å²) >= 11 is 0. The van der Waals surface area contributed by atoms with Crippen molar-refractivity contribution in [1.29, 1.82) is 0 Å². The number of carbonyl (C=O) groups is 1. The first kappa shape index (κ1) is 29.3. The van der Waals surface area contributed by atoms with Gasteiger partial charge in [0.2, 0.25) is 10.0 Å². The van der Waals surface area contributed by atoms with E-state index in [2.05, 4.69) is 44.4 Å². The number of piperazine rings is 1. The number of ether oxygens (including phenoxy) is 1. The van der Waals surface area contributed by atoms with E-state index in [9.17, 15) is 13.2 Å². The fourth-order valence-corrected chi connectivity index (χ4v) is 7.00. The molecule has 2 fully saturated rings. The zero-order chi connectivity index (χ0) is 29.6. The minimum Gasteiger partial charge on any atom is -0.379 e. The molecular formula is C32H36N6O4S. The standard InChI is InChI=1S/C32H36N6O4S/c39-32(34-12-13-36-14-16-37(17-15-36)24-25-6-2-1-3-7-25)28-23-31(30-8-4-5-11-33-30)35-29-10-9-26(22-27(28)29)43(40,41)38-18-20-42-21-19-38/h1-11,22-23H,12-21,24H2,(H,34,39). The number of nitrogens with one attached hydrogen (secondary N) is 1. The second kappa shape index (κ2) is 13.3. The predicted octanol–water partition coefficient (Wildman–Crippen LogP) is 2.87. The van der Waals surface area contributed by atoms with Crippen molar-refractivity contribution in [2.24, 2.45) is 0 Å². The third-order valence-electron chi connectivity index (χ3n) is 7.99. The van der Waals surface area contributed by atoms with Crippen molar-refractivity contribution in [3.63, 3.8) is 0 Å². The molecule has 1 N–H and O–H groups in total. The lowest BCUT2D eigenvalue weighted by atomic mass is 10.1. The van der Waals surface area contributed by atoms with Crippen molar-refractivity contribution in [3.05, 3.63) is 90.1 Å². The molecule has 0 bridgehead atoms. The van der Waals surface area contributed by atoms with Gasteiger partial charge < -0.3 is 10.1 Å². The highest BCUT2D eigenvalue weighted by Gasteiger charge is 2.27. The number of sulfonamides is 1. The SMILES string of the molecule is O=C(NCCN1CCN(Cc2ccccc2)CC1)c1cc(-c2ccccn2)nc2ccc(S(=O)(=O)N3CCOCC3)cc12. The summed E-state index contributed by atoms with van der Waals surface area (Å²) in [5, 5.41) is 3.56. The Morgan fingerprint density at radius 2 is 1.58 bits per heavy atom. The van der Waals surface area contributed by atoms with Crippen LogP contribution in [0, 0.1) is 0 Å². The summed E-state index contributed by atoms with van der Waals surface area (Å²) in [6.45, 7) is 7.30. The van der Waals surface area contributed by atoms with E-state index < -0.39 is 10.0 Å². The first-order chi connectivity index (χ1) is 21.0. The van der Waals surface area contributed by atoms with Crippen LogP contribution in [0.3, 0.4) is 0 Å². The Morgan fingerprint density at radius 3 is 2.33 bits per heavy atom. The number of pyridine rings is 2. The van der Waals surface area contributed by atoms with Gasteiger partial charge in [0.25, 0.3) is 5.91 Å². The highest BCUT2D eigenvalue weighted by Crippen LogP contribution is 2.28. The van der Waals surface area contributed by atoms with Crippen LogP contribution >= 0.6 is 0 Å². The number of hydrogen-bond acceptors (Lipinski definition) is 8. The van der Waals surface area contributed by atoms with Gasteiger partial charge >= 0.3 is 0 Å². The Bertz CT molecular complexity index is 1660. The van der Waals surface area contributed by atoms with Crippen LogP contribution in [0.1, 0.15) is 15.9 Å². The molecule has 6 rings (SSSR count). The van der Waals surface area contributed by atoms with E-state index in [4.69, 9.17) is 9.72 Å². The molecule has 1 amide bonds. The average molecular weight is 601 g/mol. The van der Waals surface area contributed by atoms with E-state index >= 15 is 0 Å². The lowest BCUT2D eigenvalue weighted by Gasteiger charge is -2.34. The van der Waals surface area contributed by atoms with Crippen molar-refractivity contribution >= 4 is 26.8 Å². The Hall–Kier alpha value is -3.74. The molecule has 2 saturated heterocycles. The highest BCUT2D eigenvalue weighted by atomic mass is 32.2. The molecule has 2 aromatic heterocycles. The highest BCUT2D eigenvalue weighted by molar-refractivity contribution is 7.89. The molecule has 4 aromatic rings. The largest absolute Gasteiger partial charge is 0.379 e. The van der Waals surface area contributed by atoms with Crippen LogP contribution in [0.25, 0.3) is 22.3 Å². The molecule has 0 atom stereocenters. The van der Waals surface area contributed by atoms with Crippen molar-refractivity contribution in [3.8, 4) is 11.4 Å². The van der Waals surface area contributed by atoms with E-state index in [1.165, 1.54) is 9.87 Å². The number of aromatic nitrogens is 2. The Kier molecular flexibility index (Phi) is 9.06. The van der Waals surface area contributed by atoms with Crippen LogP contribution in [0.15, 0.2) is 83.9 Å². The van der Waals surface area contributed by atoms with Crippen LogP contribution < -0.4 is 5.32 Å². The molecule has 2 aliphatic heterocycles. The Morgan fingerprint density at radius 1 is 0.837 bits per heavy atom. The van der Waals surface area contributed by atoms with Gasteiger partial charge in [0.1, 0.15) is 0 Å². The van der Waals surface area contributed by atoms with Crippen LogP contribution in [0.2, 0.25) is 0 Å². The summed E-state index contributed by atoms with van der Waals surface area (Å²) in [5.41, 5.74) is 3.41. The minimum absolute atomic E-state index is 0.136. The van der Waals surface area contributed by atoms with Gasteiger partial charge in [0, 0.05) is 70.5 Å². The lowest BCUT2D eigenvalue weighted by molar-refractivity contribution is 0.0730. The molecule has 4 heterocycles. The maximum absolute atomic E-state index is 13.6. The smallest absolute Gasteiger partial charge is 0.252 e. The maximum atomic E-state index is 13.6. The third kappa shape index (κ3) is 6.92. The molecule has 224 valence electrons. The van der Waals surface area contributed by atoms with E-state index in [-0.39, 0.29) is 10.8 Å². The summed E-state index contributed by atoms with van der Waals surface area (Å²) in [6.07, 6.45) is 1.68. The predicted molar refractivity (Wildman–Crippen MR) is 165 cm³/mol. The molecule has 0 aliphatic carbocycles. The molecule has 10 nitrogen and oxygen atoms in total. The molecule has 0 saturated carbocycles. The Labute approximate surface area is 252 Å². The summed E-state index contributed by atoms with van der Waals surface area (Å²) < 4.78 is 33.6. The second-order valence-corrected chi connectivity index (χ2v) is 12.8. The van der Waals surface area contributed by atoms with E-state index in [1.54, 1.807) is 30.5 Å². The fraction of sp³-hybridized carbons (Fsp3) is 0.344. The van der Waals surface area contributed by atoms with Gasteiger partial charge in [-0.15, -0.1) is 0 Å². The van der Waals surface area contributed by atoms with Gasteiger partial charge in [0.15, 0.2) is 0 Å². The average Bonchev–Trinajstić information content (AvgIpc) is 3.06. The molecule has 0 unspecified atom stereocenters. The molecular weight excluding hydrogens is 564 g/mol. The molecule has 2 aromatic carbocycles. The van der Waals surface area contributed by atoms with Gasteiger partial charge in [-0.2, -0.15) is 4.31 Å². The van der Waals surface area contributed by atoms with Gasteiger partial charge in [-0.3, -0.25) is 19.6 Å². The zero-order valence-corrected chi connectivity index (χ0v) is 24.9. The third-order valence-corrected chi connectivity index (χ3v) is 9.88. The molecule has 11 heteroatoms. The normalized spacial score (nSPS) is 17.2. The number of rotatable bonds is 9. The molecule has 0 radical (unpaired) electrons. The number of nitrogens with zero attached hydrogens (tertiary/aromatic N) is 5. The number of fused-ring (bicyclic) bond motifs is 1. The van der Waals surface area contributed by atoms with Crippen LogP contribution in [0.4, 0.5) is 0 Å². The number of morpholine rings is 1. The lowest BCUT2D eigenvalue weighted by Crippen LogP contribution is -2.48. The minimum atomic E-state index is -3.74. The second-order valence-electron chi connectivity index (χ2n) is 10.8. The molecule has 0 spiro atoms. The van der Waals surface area contributed by atoms with Gasteiger partial charge in [-0.25, -0.2) is 13.4 Å². The fourth-order valence-electron chi connectivity index (χ4n) is 5.57. The van der Waals surface area contributed by atoms with E-state index in [1.807, 2.05) is 24.3 Å². The van der Waals surface area contributed by atoms with Crippen LogP contribution in [-0.4, -0.2) is 104 Å². The summed E-state index contributed by atoms with van der Waals surface area (Å²) in [4.78, 5) is 27.7. The van der Waals surface area contributed by atoms with Crippen LogP contribution in [-0.2, 0) is 21.3 Å². The van der Waals surface area contributed by atoms with Crippen molar-refractivity contribution < 1.29 is 17.9 Å². The van der Waals surface area contributed by atoms with Crippen molar-refractivity contribution in [2.45, 2.75) is 11.4 Å². The van der Waals surface area contributed by atoms with E-state index in [0.717, 1.165) is 39.3 Å². The van der Waals surface area contributed by atoms with Gasteiger partial charge in [-0.05, 0) is 42.0 Å². The quantitative estimate of drug-likeness (QED) is 0.313.